The summed E-state index contributed by atoms with van der Waals surface area (Å²) in [6, 6.07) is 17.6. The smallest absolute Gasteiger partial charge is 0.378 e. The van der Waals surface area contributed by atoms with Crippen molar-refractivity contribution in [3.63, 3.8) is 0 Å². The van der Waals surface area contributed by atoms with E-state index in [9.17, 15) is 0 Å². The molecule has 0 radical (unpaired) electrons. The van der Waals surface area contributed by atoms with Crippen LogP contribution >= 0.6 is 22.7 Å². The fraction of sp³-hybridized carbons (Fsp3) is 0.585. The predicted molar refractivity (Wildman–Crippen MR) is 269 cm³/mol. The van der Waals surface area contributed by atoms with Gasteiger partial charge in [-0.2, -0.15) is 26.3 Å². The molecule has 0 bridgehead atoms. The van der Waals surface area contributed by atoms with Crippen LogP contribution in [0, 0.1) is 13.8 Å². The van der Waals surface area contributed by atoms with E-state index >= 15 is 26.3 Å². The van der Waals surface area contributed by atoms with Gasteiger partial charge in [-0.1, -0.05) is 48.5 Å². The van der Waals surface area contributed by atoms with Crippen LogP contribution in [-0.2, 0) is 60.5 Å². The fourth-order valence-corrected chi connectivity index (χ4v) is 10.6. The third kappa shape index (κ3) is 15.9. The zero-order valence-corrected chi connectivity index (χ0v) is 43.4. The summed E-state index contributed by atoms with van der Waals surface area (Å²) in [5.74, 6) is -16.0. The van der Waals surface area contributed by atoms with Crippen LogP contribution in [0.3, 0.4) is 0 Å². The first-order valence-corrected chi connectivity index (χ1v) is 26.5. The predicted octanol–water partition coefficient (Wildman–Crippen LogP) is 9.39. The van der Waals surface area contributed by atoms with Crippen LogP contribution in [0.15, 0.2) is 60.7 Å². The number of allylic oxidation sites excluding steroid dienone is 2. The maximum absolute atomic E-state index is 16.2. The van der Waals surface area contributed by atoms with Gasteiger partial charge in [0.15, 0.2) is 0 Å². The lowest BCUT2D eigenvalue weighted by Crippen LogP contribution is -2.48. The number of benzene rings is 2. The molecule has 2 fully saturated rings. The van der Waals surface area contributed by atoms with Crippen LogP contribution in [0.4, 0.5) is 26.3 Å². The Balaban J connectivity index is 1.06. The number of ether oxygens (including phenoxy) is 10. The van der Waals surface area contributed by atoms with Crippen LogP contribution in [0.5, 0.6) is 0 Å². The largest absolute Gasteiger partial charge is 0.380 e. The Morgan fingerprint density at radius 2 is 0.630 bits per heavy atom. The van der Waals surface area contributed by atoms with Crippen molar-refractivity contribution in [1.29, 1.82) is 0 Å². The molecule has 0 spiro atoms. The number of aryl methyl sites for hydroxylation is 2. The van der Waals surface area contributed by atoms with E-state index in [0.29, 0.717) is 192 Å². The van der Waals surface area contributed by atoms with Crippen molar-refractivity contribution in [2.45, 2.75) is 44.7 Å². The molecule has 4 heterocycles. The van der Waals surface area contributed by atoms with Gasteiger partial charge in [0, 0.05) is 69.9 Å². The maximum Gasteiger partial charge on any atom is 0.380 e. The van der Waals surface area contributed by atoms with E-state index < -0.39 is 28.9 Å². The second-order valence-electron chi connectivity index (χ2n) is 17.7. The molecule has 2 aromatic heterocycles. The van der Waals surface area contributed by atoms with Gasteiger partial charge in [-0.3, -0.25) is 9.80 Å². The van der Waals surface area contributed by atoms with Gasteiger partial charge in [-0.15, -0.1) is 22.7 Å². The number of halogens is 6. The Hall–Kier alpha value is -3.32. The molecule has 0 saturated carbocycles. The molecular formula is C53H68F6N2O10S2. The summed E-state index contributed by atoms with van der Waals surface area (Å²) in [4.78, 5) is 5.77. The third-order valence-electron chi connectivity index (χ3n) is 12.5. The molecular weight excluding hydrogens is 1000 g/mol. The van der Waals surface area contributed by atoms with Crippen molar-refractivity contribution in [2.24, 2.45) is 0 Å². The number of alkyl halides is 6. The number of nitrogens with zero attached hydrogens (tertiary/aromatic N) is 2. The highest BCUT2D eigenvalue weighted by molar-refractivity contribution is 7.16. The Bertz CT molecular complexity index is 2110. The molecule has 0 amide bonds. The summed E-state index contributed by atoms with van der Waals surface area (Å²) in [5, 5.41) is 0. The van der Waals surface area contributed by atoms with Gasteiger partial charge in [0.05, 0.1) is 132 Å². The Morgan fingerprint density at radius 3 is 0.890 bits per heavy atom. The molecule has 20 heteroatoms. The van der Waals surface area contributed by atoms with Gasteiger partial charge < -0.3 is 47.4 Å². The van der Waals surface area contributed by atoms with E-state index in [1.165, 1.54) is 26.0 Å². The highest BCUT2D eigenvalue weighted by Crippen LogP contribution is 2.66. The quantitative estimate of drug-likeness (QED) is 0.157. The van der Waals surface area contributed by atoms with E-state index in [4.69, 9.17) is 47.4 Å². The number of hydrogen-bond acceptors (Lipinski definition) is 14. The number of hydrogen-bond donors (Lipinski definition) is 0. The first kappa shape index (κ1) is 57.4. The van der Waals surface area contributed by atoms with Crippen molar-refractivity contribution < 1.29 is 73.7 Å². The second kappa shape index (κ2) is 28.7. The third-order valence-corrected chi connectivity index (χ3v) is 14.7. The average Bonchev–Trinajstić information content (AvgIpc) is 3.97. The lowest BCUT2D eigenvalue weighted by Gasteiger charge is -2.25. The molecule has 4 aromatic rings. The maximum atomic E-state index is 16.2. The molecule has 1 aliphatic carbocycles. The van der Waals surface area contributed by atoms with E-state index in [1.807, 2.05) is 48.5 Å². The van der Waals surface area contributed by atoms with Crippen LogP contribution in [0.2, 0.25) is 0 Å². The van der Waals surface area contributed by atoms with Crippen molar-refractivity contribution in [3.8, 4) is 20.9 Å². The lowest BCUT2D eigenvalue weighted by atomic mass is 9.94. The molecule has 0 N–H and O–H groups in total. The number of thiophene rings is 2. The van der Waals surface area contributed by atoms with Gasteiger partial charge in [0.25, 0.3) is 0 Å². The minimum Gasteiger partial charge on any atom is -0.378 e. The molecule has 73 heavy (non-hydrogen) atoms. The van der Waals surface area contributed by atoms with Gasteiger partial charge in [-0.05, 0) is 59.4 Å². The van der Waals surface area contributed by atoms with Crippen molar-refractivity contribution >= 4 is 33.8 Å². The van der Waals surface area contributed by atoms with E-state index in [1.54, 1.807) is 0 Å². The minimum atomic E-state index is -5.69. The standard InChI is InChI=1S/C53H68F6N2O10S2/c1-39-45(35-47(72-39)43-7-3-41(4-8-43)37-60-11-15-62-19-23-66-27-31-70-32-28-67-24-20-63-16-12-60)49-50(52(56,57)53(58,59)51(49,54)55)46-36-48(73-40(46)2)44-9-5-42(6-10-44)38-61-13-17-64-21-25-68-29-33-71-34-30-69-26-22-65-18-14-61/h3-10,35-36H,11-34,37-38H2,1-2H3. The molecule has 12 nitrogen and oxygen atoms in total. The zero-order chi connectivity index (χ0) is 51.5. The topological polar surface area (TPSA) is 98.8 Å². The van der Waals surface area contributed by atoms with E-state index in [-0.39, 0.29) is 20.9 Å². The minimum absolute atomic E-state index is 0.215. The SMILES string of the molecule is Cc1sc(-c2ccc(CN3CCOCCOCCOCCOCCOCC3)cc2)cc1C1=C(c2cc(-c3ccc(CN4CCOCCOCCOCCOCCOCC4)cc3)sc2C)C(F)(F)C(F)(F)C1(F)F. The lowest BCUT2D eigenvalue weighted by molar-refractivity contribution is -0.254. The number of rotatable bonds is 8. The highest BCUT2D eigenvalue weighted by Gasteiger charge is 2.80. The zero-order valence-electron chi connectivity index (χ0n) is 41.7. The highest BCUT2D eigenvalue weighted by atomic mass is 32.1. The summed E-state index contributed by atoms with van der Waals surface area (Å²) in [6.45, 7) is 15.8. The van der Waals surface area contributed by atoms with Crippen LogP contribution in [-0.4, -0.2) is 186 Å². The van der Waals surface area contributed by atoms with E-state index in [2.05, 4.69) is 9.80 Å². The summed E-state index contributed by atoms with van der Waals surface area (Å²) in [7, 11) is 0. The van der Waals surface area contributed by atoms with Crippen molar-refractivity contribution in [3.05, 3.63) is 92.7 Å². The Kier molecular flexibility index (Phi) is 22.6. The van der Waals surface area contributed by atoms with Gasteiger partial charge in [0.2, 0.25) is 0 Å². The molecule has 3 aliphatic rings. The molecule has 0 atom stereocenters. The normalized spacial score (nSPS) is 22.0. The van der Waals surface area contributed by atoms with Crippen molar-refractivity contribution in [1.82, 2.24) is 9.80 Å². The summed E-state index contributed by atoms with van der Waals surface area (Å²) in [5.41, 5.74) is -0.193. The second-order valence-corrected chi connectivity index (χ2v) is 20.2. The molecule has 2 saturated heterocycles. The van der Waals surface area contributed by atoms with Gasteiger partial charge in [0.1, 0.15) is 0 Å². The summed E-state index contributed by atoms with van der Waals surface area (Å²) >= 11 is 2.18. The van der Waals surface area contributed by atoms with Crippen LogP contribution in [0.25, 0.3) is 32.0 Å². The molecule has 404 valence electrons. The van der Waals surface area contributed by atoms with Crippen molar-refractivity contribution in [2.75, 3.05) is 158 Å². The molecule has 0 unspecified atom stereocenters. The first-order chi connectivity index (χ1) is 35.4. The van der Waals surface area contributed by atoms with Gasteiger partial charge in [-0.25, -0.2) is 0 Å². The summed E-state index contributed by atoms with van der Waals surface area (Å²) in [6.07, 6.45) is 0. The van der Waals surface area contributed by atoms with Crippen LogP contribution < -0.4 is 0 Å². The Morgan fingerprint density at radius 1 is 0.384 bits per heavy atom. The van der Waals surface area contributed by atoms with Crippen LogP contribution in [0.1, 0.15) is 32.0 Å². The monoisotopic (exact) mass is 1070 g/mol. The fourth-order valence-electron chi connectivity index (χ4n) is 8.52. The van der Waals surface area contributed by atoms with Gasteiger partial charge >= 0.3 is 17.8 Å². The molecule has 7 rings (SSSR count). The molecule has 2 aromatic carbocycles. The molecule has 2 aliphatic heterocycles. The average molecular weight is 1070 g/mol. The summed E-state index contributed by atoms with van der Waals surface area (Å²) < 4.78 is 152. The first-order valence-electron chi connectivity index (χ1n) is 24.9. The Labute approximate surface area is 432 Å². The van der Waals surface area contributed by atoms with E-state index in [0.717, 1.165) is 33.8 Å².